The van der Waals surface area contributed by atoms with Crippen LogP contribution in [0.2, 0.25) is 5.02 Å². The summed E-state index contributed by atoms with van der Waals surface area (Å²) in [5.74, 6) is -0.175. The normalized spacial score (nSPS) is 10.1. The van der Waals surface area contributed by atoms with E-state index < -0.39 is 6.61 Å². The van der Waals surface area contributed by atoms with Crippen molar-refractivity contribution in [1.29, 1.82) is 0 Å². The molecule has 4 nitrogen and oxygen atoms in total. The number of carbonyl (C=O) groups excluding carboxylic acids is 1. The predicted molar refractivity (Wildman–Crippen MR) is 75.7 cm³/mol. The molecule has 1 amide bonds. The lowest BCUT2D eigenvalue weighted by molar-refractivity contribution is -0.121. The van der Waals surface area contributed by atoms with Gasteiger partial charge in [-0.1, -0.05) is 11.6 Å². The summed E-state index contributed by atoms with van der Waals surface area (Å²) in [5, 5.41) is 5.84. The fraction of sp³-hybridized carbons (Fsp3) is 0.417. The predicted octanol–water partition coefficient (Wildman–Crippen LogP) is 2.59. The van der Waals surface area contributed by atoms with E-state index in [0.717, 1.165) is 0 Å². The van der Waals surface area contributed by atoms with Crippen LogP contribution >= 0.6 is 24.0 Å². The monoisotopic (exact) mass is 328 g/mol. The van der Waals surface area contributed by atoms with Gasteiger partial charge in [0.2, 0.25) is 5.91 Å². The van der Waals surface area contributed by atoms with Gasteiger partial charge >= 0.3 is 6.61 Å². The van der Waals surface area contributed by atoms with Crippen LogP contribution in [0.15, 0.2) is 18.2 Å². The Labute approximate surface area is 127 Å². The van der Waals surface area contributed by atoms with Gasteiger partial charge < -0.3 is 15.4 Å². The molecule has 0 aliphatic heterocycles. The summed E-state index contributed by atoms with van der Waals surface area (Å²) < 4.78 is 28.8. The van der Waals surface area contributed by atoms with E-state index in [1.807, 2.05) is 0 Å². The maximum atomic E-state index is 12.2. The Morgan fingerprint density at radius 1 is 1.45 bits per heavy atom. The van der Waals surface area contributed by atoms with Crippen LogP contribution in [-0.2, 0) is 11.3 Å². The number of benzene rings is 1. The van der Waals surface area contributed by atoms with Gasteiger partial charge in [-0.05, 0) is 25.2 Å². The molecule has 0 spiro atoms. The van der Waals surface area contributed by atoms with Crippen molar-refractivity contribution in [2.45, 2.75) is 19.6 Å². The number of halogens is 4. The number of rotatable bonds is 7. The molecule has 0 saturated carbocycles. The second-order valence-electron chi connectivity index (χ2n) is 3.76. The van der Waals surface area contributed by atoms with Crippen molar-refractivity contribution in [2.24, 2.45) is 0 Å². The van der Waals surface area contributed by atoms with Crippen molar-refractivity contribution < 1.29 is 18.3 Å². The first-order valence-corrected chi connectivity index (χ1v) is 6.05. The SMILES string of the molecule is CNCCC(=O)NCc1cc(Cl)ccc1OC(F)F.Cl. The molecule has 2 N–H and O–H groups in total. The second kappa shape index (κ2) is 9.74. The van der Waals surface area contributed by atoms with Gasteiger partial charge in [-0.2, -0.15) is 8.78 Å². The number of alkyl halides is 2. The van der Waals surface area contributed by atoms with E-state index in [1.165, 1.54) is 18.2 Å². The molecule has 0 fully saturated rings. The minimum absolute atomic E-state index is 0. The van der Waals surface area contributed by atoms with Crippen molar-refractivity contribution in [3.8, 4) is 5.75 Å². The van der Waals surface area contributed by atoms with Crippen LogP contribution in [0.25, 0.3) is 0 Å². The third-order valence-corrected chi connectivity index (χ3v) is 2.55. The first-order chi connectivity index (χ1) is 9.02. The molecule has 0 aliphatic carbocycles. The van der Waals surface area contributed by atoms with Gasteiger partial charge in [0.25, 0.3) is 0 Å². The Morgan fingerprint density at radius 2 is 2.15 bits per heavy atom. The molecule has 0 saturated heterocycles. The van der Waals surface area contributed by atoms with E-state index in [9.17, 15) is 13.6 Å². The third kappa shape index (κ3) is 6.88. The van der Waals surface area contributed by atoms with Crippen LogP contribution in [0, 0.1) is 0 Å². The van der Waals surface area contributed by atoms with E-state index in [4.69, 9.17) is 11.6 Å². The molecule has 1 aromatic carbocycles. The first kappa shape index (κ1) is 18.9. The topological polar surface area (TPSA) is 50.4 Å². The lowest BCUT2D eigenvalue weighted by Crippen LogP contribution is -2.26. The quantitative estimate of drug-likeness (QED) is 0.808. The average molecular weight is 329 g/mol. The number of ether oxygens (including phenoxy) is 1. The molecule has 0 aromatic heterocycles. The number of nitrogens with one attached hydrogen (secondary N) is 2. The van der Waals surface area contributed by atoms with Crippen molar-refractivity contribution in [2.75, 3.05) is 13.6 Å². The smallest absolute Gasteiger partial charge is 0.387 e. The van der Waals surface area contributed by atoms with Gasteiger partial charge in [0.1, 0.15) is 5.75 Å². The highest BCUT2D eigenvalue weighted by atomic mass is 35.5. The molecule has 0 unspecified atom stereocenters. The van der Waals surface area contributed by atoms with Crippen LogP contribution in [0.5, 0.6) is 5.75 Å². The molecule has 0 bridgehead atoms. The zero-order chi connectivity index (χ0) is 14.3. The Bertz CT molecular complexity index is 434. The molecule has 8 heteroatoms. The fourth-order valence-electron chi connectivity index (χ4n) is 1.42. The zero-order valence-corrected chi connectivity index (χ0v) is 12.4. The lowest BCUT2D eigenvalue weighted by atomic mass is 10.2. The minimum atomic E-state index is -2.92. The van der Waals surface area contributed by atoms with Crippen LogP contribution in [0.4, 0.5) is 8.78 Å². The Kier molecular flexibility index (Phi) is 9.20. The van der Waals surface area contributed by atoms with Gasteiger partial charge in [-0.25, -0.2) is 0 Å². The number of hydrogen-bond acceptors (Lipinski definition) is 3. The largest absolute Gasteiger partial charge is 0.434 e. The summed E-state index contributed by atoms with van der Waals surface area (Å²) in [6, 6.07) is 4.28. The lowest BCUT2D eigenvalue weighted by Gasteiger charge is -2.12. The molecule has 20 heavy (non-hydrogen) atoms. The maximum Gasteiger partial charge on any atom is 0.387 e. The summed E-state index contributed by atoms with van der Waals surface area (Å²) in [6.45, 7) is -2.28. The highest BCUT2D eigenvalue weighted by Crippen LogP contribution is 2.24. The van der Waals surface area contributed by atoms with Gasteiger partial charge in [0.05, 0.1) is 0 Å². The summed E-state index contributed by atoms with van der Waals surface area (Å²) in [5.41, 5.74) is 0.408. The van der Waals surface area contributed by atoms with E-state index in [0.29, 0.717) is 23.6 Å². The van der Waals surface area contributed by atoms with Gasteiger partial charge in [-0.3, -0.25) is 4.79 Å². The van der Waals surface area contributed by atoms with Crippen molar-refractivity contribution in [3.63, 3.8) is 0 Å². The van der Waals surface area contributed by atoms with Crippen LogP contribution < -0.4 is 15.4 Å². The number of amides is 1. The maximum absolute atomic E-state index is 12.2. The van der Waals surface area contributed by atoms with Gasteiger partial charge in [-0.15, -0.1) is 12.4 Å². The highest BCUT2D eigenvalue weighted by Gasteiger charge is 2.11. The van der Waals surface area contributed by atoms with Crippen LogP contribution in [0.1, 0.15) is 12.0 Å². The van der Waals surface area contributed by atoms with E-state index in [2.05, 4.69) is 15.4 Å². The second-order valence-corrected chi connectivity index (χ2v) is 4.20. The molecule has 0 radical (unpaired) electrons. The van der Waals surface area contributed by atoms with Crippen molar-refractivity contribution in [3.05, 3.63) is 28.8 Å². The van der Waals surface area contributed by atoms with Gasteiger partial charge in [0.15, 0.2) is 0 Å². The highest BCUT2D eigenvalue weighted by molar-refractivity contribution is 6.30. The molecular weight excluding hydrogens is 313 g/mol. The molecule has 114 valence electrons. The number of hydrogen-bond donors (Lipinski definition) is 2. The zero-order valence-electron chi connectivity index (χ0n) is 10.8. The van der Waals surface area contributed by atoms with Crippen molar-refractivity contribution >= 4 is 29.9 Å². The Morgan fingerprint density at radius 3 is 2.75 bits per heavy atom. The van der Waals surface area contributed by atoms with Crippen molar-refractivity contribution in [1.82, 2.24) is 10.6 Å². The van der Waals surface area contributed by atoms with E-state index in [1.54, 1.807) is 7.05 Å². The summed E-state index contributed by atoms with van der Waals surface area (Å²) in [7, 11) is 1.73. The Hall–Kier alpha value is -1.11. The molecule has 1 rings (SSSR count). The summed E-state index contributed by atoms with van der Waals surface area (Å²) >= 11 is 5.79. The molecule has 0 heterocycles. The standard InChI is InChI=1S/C12H15ClF2N2O2.ClH/c1-16-5-4-11(18)17-7-8-6-9(13)2-3-10(8)19-12(14)15;/h2-3,6,12,16H,4-5,7H2,1H3,(H,17,18);1H. The first-order valence-electron chi connectivity index (χ1n) is 5.67. The Balaban J connectivity index is 0.00000361. The number of carbonyl (C=O) groups is 1. The van der Waals surface area contributed by atoms with Crippen LogP contribution in [-0.4, -0.2) is 26.1 Å². The van der Waals surface area contributed by atoms with E-state index in [-0.39, 0.29) is 30.6 Å². The van der Waals surface area contributed by atoms with E-state index >= 15 is 0 Å². The summed E-state index contributed by atoms with van der Waals surface area (Å²) in [4.78, 5) is 11.4. The molecule has 1 aromatic rings. The van der Waals surface area contributed by atoms with Crippen LogP contribution in [0.3, 0.4) is 0 Å². The molecule has 0 aliphatic rings. The molecular formula is C12H16Cl2F2N2O2. The molecule has 0 atom stereocenters. The summed E-state index contributed by atoms with van der Waals surface area (Å²) in [6.07, 6.45) is 0.308. The minimum Gasteiger partial charge on any atom is -0.434 e. The average Bonchev–Trinajstić information content (AvgIpc) is 2.36. The fourth-order valence-corrected chi connectivity index (χ4v) is 1.61. The third-order valence-electron chi connectivity index (χ3n) is 2.32. The van der Waals surface area contributed by atoms with Gasteiger partial charge in [0, 0.05) is 30.1 Å².